The maximum atomic E-state index is 12.5. The van der Waals surface area contributed by atoms with Gasteiger partial charge in [-0.25, -0.2) is 4.68 Å². The van der Waals surface area contributed by atoms with Crippen LogP contribution in [0.4, 0.5) is 8.78 Å². The summed E-state index contributed by atoms with van der Waals surface area (Å²) in [7, 11) is 1.38. The highest BCUT2D eigenvalue weighted by atomic mass is 19.3. The fourth-order valence-electron chi connectivity index (χ4n) is 2.89. The molecule has 0 radical (unpaired) electrons. The van der Waals surface area contributed by atoms with E-state index >= 15 is 0 Å². The summed E-state index contributed by atoms with van der Waals surface area (Å²) in [6.07, 6.45) is 0.438. The molecule has 1 heterocycles. The molecule has 0 bridgehead atoms. The molecule has 29 heavy (non-hydrogen) atoms. The third-order valence-electron chi connectivity index (χ3n) is 4.26. The Bertz CT molecular complexity index is 975. The van der Waals surface area contributed by atoms with Crippen molar-refractivity contribution < 1.29 is 23.0 Å². The molecular formula is C21H21F2N3O3. The molecule has 0 aliphatic heterocycles. The Morgan fingerprint density at radius 2 is 1.90 bits per heavy atom. The zero-order valence-corrected chi connectivity index (χ0v) is 16.1. The molecule has 0 atom stereocenters. The Morgan fingerprint density at radius 1 is 1.14 bits per heavy atom. The molecular weight excluding hydrogens is 380 g/mol. The number of benzene rings is 2. The Hall–Kier alpha value is -3.42. The van der Waals surface area contributed by atoms with E-state index in [-0.39, 0.29) is 17.4 Å². The second kappa shape index (κ2) is 9.18. The van der Waals surface area contributed by atoms with Gasteiger partial charge in [0, 0.05) is 12.2 Å². The first-order chi connectivity index (χ1) is 14.0. The second-order valence-corrected chi connectivity index (χ2v) is 6.29. The summed E-state index contributed by atoms with van der Waals surface area (Å²) >= 11 is 0. The second-order valence-electron chi connectivity index (χ2n) is 6.29. The molecule has 0 aliphatic carbocycles. The third-order valence-corrected chi connectivity index (χ3v) is 4.26. The van der Waals surface area contributed by atoms with Crippen molar-refractivity contribution >= 4 is 5.91 Å². The summed E-state index contributed by atoms with van der Waals surface area (Å²) in [6.45, 7) is -0.753. The van der Waals surface area contributed by atoms with Crippen molar-refractivity contribution in [1.29, 1.82) is 0 Å². The topological polar surface area (TPSA) is 65.4 Å². The van der Waals surface area contributed by atoms with Crippen LogP contribution in [0.3, 0.4) is 0 Å². The van der Waals surface area contributed by atoms with Gasteiger partial charge in [0.25, 0.3) is 5.91 Å². The Kier molecular flexibility index (Phi) is 6.43. The largest absolute Gasteiger partial charge is 0.493 e. The van der Waals surface area contributed by atoms with E-state index in [9.17, 15) is 13.6 Å². The quantitative estimate of drug-likeness (QED) is 0.624. The molecule has 3 rings (SSSR count). The van der Waals surface area contributed by atoms with E-state index in [0.717, 1.165) is 16.9 Å². The van der Waals surface area contributed by atoms with Crippen LogP contribution in [0.15, 0.2) is 54.6 Å². The van der Waals surface area contributed by atoms with Gasteiger partial charge in [0.2, 0.25) is 0 Å². The normalized spacial score (nSPS) is 10.8. The van der Waals surface area contributed by atoms with Crippen molar-refractivity contribution in [3.05, 3.63) is 71.5 Å². The van der Waals surface area contributed by atoms with Gasteiger partial charge < -0.3 is 14.8 Å². The number of methoxy groups -OCH3 is 1. The van der Waals surface area contributed by atoms with Crippen molar-refractivity contribution in [3.8, 4) is 17.2 Å². The number of halogens is 2. The van der Waals surface area contributed by atoms with E-state index in [1.807, 2.05) is 37.3 Å². The zero-order chi connectivity index (χ0) is 20.8. The molecule has 0 aliphatic rings. The highest BCUT2D eigenvalue weighted by Gasteiger charge is 2.14. The first-order valence-electron chi connectivity index (χ1n) is 9.00. The molecule has 1 amide bonds. The van der Waals surface area contributed by atoms with Crippen molar-refractivity contribution in [2.45, 2.75) is 20.0 Å². The number of para-hydroxylation sites is 1. The molecule has 152 valence electrons. The van der Waals surface area contributed by atoms with Crippen LogP contribution in [-0.2, 0) is 6.42 Å². The number of carbonyl (C=O) groups is 1. The molecule has 1 aromatic heterocycles. The number of aromatic nitrogens is 2. The van der Waals surface area contributed by atoms with Crippen molar-refractivity contribution in [3.63, 3.8) is 0 Å². The Balaban J connectivity index is 1.62. The highest BCUT2D eigenvalue weighted by Crippen LogP contribution is 2.29. The molecule has 1 N–H and O–H groups in total. The smallest absolute Gasteiger partial charge is 0.387 e. The molecule has 6 nitrogen and oxygen atoms in total. The van der Waals surface area contributed by atoms with Crippen LogP contribution in [0.1, 0.15) is 21.7 Å². The highest BCUT2D eigenvalue weighted by molar-refractivity contribution is 5.92. The lowest BCUT2D eigenvalue weighted by molar-refractivity contribution is -0.0512. The number of nitrogens with one attached hydrogen (secondary N) is 1. The molecule has 0 unspecified atom stereocenters. The number of ether oxygens (including phenoxy) is 2. The van der Waals surface area contributed by atoms with Gasteiger partial charge in [-0.1, -0.05) is 24.3 Å². The molecule has 0 saturated carbocycles. The van der Waals surface area contributed by atoms with Gasteiger partial charge in [-0.05, 0) is 49.2 Å². The predicted octanol–water partition coefficient (Wildman–Crippen LogP) is 3.76. The van der Waals surface area contributed by atoms with Gasteiger partial charge in [-0.3, -0.25) is 4.79 Å². The van der Waals surface area contributed by atoms with Crippen molar-refractivity contribution in [2.75, 3.05) is 13.7 Å². The van der Waals surface area contributed by atoms with Crippen molar-refractivity contribution in [2.24, 2.45) is 0 Å². The average Bonchev–Trinajstić information content (AvgIpc) is 3.10. The Morgan fingerprint density at radius 3 is 2.59 bits per heavy atom. The van der Waals surface area contributed by atoms with Crippen molar-refractivity contribution in [1.82, 2.24) is 15.1 Å². The standard InChI is InChI=1S/C21H21F2N3O3/c1-14-12-17(25-26(14)16-6-4-3-5-7-16)20(27)24-11-10-15-8-9-18(28-2)19(13-15)29-21(22)23/h3-9,12-13,21H,10-11H2,1-2H3,(H,24,27). The maximum absolute atomic E-state index is 12.5. The lowest BCUT2D eigenvalue weighted by Crippen LogP contribution is -2.26. The summed E-state index contributed by atoms with van der Waals surface area (Å²) in [6, 6.07) is 16.0. The Labute approximate surface area is 167 Å². The van der Waals surface area contributed by atoms with Gasteiger partial charge in [-0.2, -0.15) is 13.9 Å². The van der Waals surface area contributed by atoms with Gasteiger partial charge in [0.05, 0.1) is 12.8 Å². The van der Waals surface area contributed by atoms with Crippen LogP contribution in [0.5, 0.6) is 11.5 Å². The minimum Gasteiger partial charge on any atom is -0.493 e. The number of alkyl halides is 2. The number of hydrogen-bond acceptors (Lipinski definition) is 4. The van der Waals surface area contributed by atoms with E-state index in [1.54, 1.807) is 22.9 Å². The maximum Gasteiger partial charge on any atom is 0.387 e. The monoisotopic (exact) mass is 401 g/mol. The SMILES string of the molecule is COc1ccc(CCNC(=O)c2cc(C)n(-c3ccccc3)n2)cc1OC(F)F. The van der Waals surface area contributed by atoms with E-state index in [2.05, 4.69) is 15.2 Å². The molecule has 0 saturated heterocycles. The molecule has 2 aromatic carbocycles. The number of nitrogens with zero attached hydrogens (tertiary/aromatic N) is 2. The summed E-state index contributed by atoms with van der Waals surface area (Å²) in [5, 5.41) is 7.15. The first kappa shape index (κ1) is 20.3. The zero-order valence-electron chi connectivity index (χ0n) is 16.1. The van der Waals surface area contributed by atoms with E-state index in [0.29, 0.717) is 18.7 Å². The summed E-state index contributed by atoms with van der Waals surface area (Å²) < 4.78 is 36.2. The van der Waals surface area contributed by atoms with Gasteiger partial charge >= 0.3 is 6.61 Å². The third kappa shape index (κ3) is 5.10. The number of rotatable bonds is 8. The average molecular weight is 401 g/mol. The number of aryl methyl sites for hydroxylation is 1. The van der Waals surface area contributed by atoms with Crippen LogP contribution in [0, 0.1) is 6.92 Å². The van der Waals surface area contributed by atoms with E-state index in [4.69, 9.17) is 4.74 Å². The van der Waals surface area contributed by atoms with Crippen LogP contribution in [-0.4, -0.2) is 36.0 Å². The number of hydrogen-bond donors (Lipinski definition) is 1. The van der Waals surface area contributed by atoms with Gasteiger partial charge in [0.15, 0.2) is 17.2 Å². The van der Waals surface area contributed by atoms with Crippen LogP contribution in [0.2, 0.25) is 0 Å². The summed E-state index contributed by atoms with van der Waals surface area (Å²) in [5.74, 6) is -0.121. The van der Waals surface area contributed by atoms with E-state index < -0.39 is 6.61 Å². The number of amides is 1. The minimum atomic E-state index is -2.94. The summed E-state index contributed by atoms with van der Waals surface area (Å²) in [5.41, 5.74) is 2.75. The van der Waals surface area contributed by atoms with Crippen LogP contribution >= 0.6 is 0 Å². The molecule has 0 spiro atoms. The number of carbonyl (C=O) groups excluding carboxylic acids is 1. The lowest BCUT2D eigenvalue weighted by Gasteiger charge is -2.11. The fraction of sp³-hybridized carbons (Fsp3) is 0.238. The van der Waals surface area contributed by atoms with Gasteiger partial charge in [0.1, 0.15) is 0 Å². The molecule has 8 heteroatoms. The first-order valence-corrected chi connectivity index (χ1v) is 9.00. The van der Waals surface area contributed by atoms with Crippen LogP contribution in [0.25, 0.3) is 5.69 Å². The molecule has 0 fully saturated rings. The summed E-state index contributed by atoms with van der Waals surface area (Å²) in [4.78, 5) is 12.4. The predicted molar refractivity (Wildman–Crippen MR) is 104 cm³/mol. The molecule has 3 aromatic rings. The van der Waals surface area contributed by atoms with Gasteiger partial charge in [-0.15, -0.1) is 0 Å². The fourth-order valence-corrected chi connectivity index (χ4v) is 2.89. The lowest BCUT2D eigenvalue weighted by atomic mass is 10.1. The van der Waals surface area contributed by atoms with Crippen LogP contribution < -0.4 is 14.8 Å². The minimum absolute atomic E-state index is 0.0384. The van der Waals surface area contributed by atoms with E-state index in [1.165, 1.54) is 13.2 Å².